The van der Waals surface area contributed by atoms with Crippen molar-refractivity contribution < 1.29 is 18.3 Å². The number of aliphatic hydroxyl groups excluding tert-OH is 1. The molecule has 2 N–H and O–H groups in total. The van der Waals surface area contributed by atoms with Gasteiger partial charge in [-0.05, 0) is 44.4 Å². The Morgan fingerprint density at radius 2 is 1.75 bits per heavy atom. The normalized spacial score (nSPS) is 16.8. The van der Waals surface area contributed by atoms with Gasteiger partial charge >= 0.3 is 6.18 Å². The molecule has 0 bridgehead atoms. The van der Waals surface area contributed by atoms with Crippen LogP contribution >= 0.6 is 0 Å². The summed E-state index contributed by atoms with van der Waals surface area (Å²) in [5, 5.41) is 12.4. The predicted molar refractivity (Wildman–Crippen MR) is 73.3 cm³/mol. The molecule has 2 nitrogen and oxygen atoms in total. The number of hydrogen-bond donors (Lipinski definition) is 2. The topological polar surface area (TPSA) is 32.3 Å². The lowest BCUT2D eigenvalue weighted by atomic mass is 9.99. The maximum atomic E-state index is 12.9. The molecule has 1 rings (SSSR count). The average molecular weight is 289 g/mol. The van der Waals surface area contributed by atoms with Crippen molar-refractivity contribution in [3.05, 3.63) is 35.4 Å². The molecular weight excluding hydrogens is 267 g/mol. The molecule has 0 aliphatic rings. The molecule has 0 amide bonds. The molecule has 3 unspecified atom stereocenters. The van der Waals surface area contributed by atoms with Crippen LogP contribution in [0.15, 0.2) is 24.3 Å². The monoisotopic (exact) mass is 289 g/mol. The lowest BCUT2D eigenvalue weighted by Crippen LogP contribution is -2.27. The molecule has 3 atom stereocenters. The van der Waals surface area contributed by atoms with Crippen molar-refractivity contribution >= 4 is 0 Å². The Morgan fingerprint density at radius 1 is 1.15 bits per heavy atom. The largest absolute Gasteiger partial charge is 0.416 e. The van der Waals surface area contributed by atoms with Crippen LogP contribution in [-0.2, 0) is 6.18 Å². The molecule has 1 aromatic rings. The first-order valence-electron chi connectivity index (χ1n) is 6.79. The van der Waals surface area contributed by atoms with Gasteiger partial charge in [0.1, 0.15) is 0 Å². The van der Waals surface area contributed by atoms with Crippen LogP contribution in [0.4, 0.5) is 13.2 Å². The van der Waals surface area contributed by atoms with Crippen molar-refractivity contribution in [2.24, 2.45) is 5.92 Å². The predicted octanol–water partition coefficient (Wildman–Crippen LogP) is 3.76. The number of halogens is 3. The molecule has 114 valence electrons. The molecule has 0 radical (unpaired) electrons. The Labute approximate surface area is 118 Å². The van der Waals surface area contributed by atoms with E-state index in [1.54, 1.807) is 19.9 Å². The van der Waals surface area contributed by atoms with E-state index in [4.69, 9.17) is 0 Å². The number of nitrogens with one attached hydrogen (secondary N) is 1. The van der Waals surface area contributed by atoms with E-state index in [1.807, 2.05) is 6.92 Å². The van der Waals surface area contributed by atoms with E-state index in [9.17, 15) is 18.3 Å². The summed E-state index contributed by atoms with van der Waals surface area (Å²) < 4.78 is 38.8. The van der Waals surface area contributed by atoms with Crippen LogP contribution in [0.5, 0.6) is 0 Å². The number of hydrogen-bond acceptors (Lipinski definition) is 2. The first kappa shape index (κ1) is 17.0. The third kappa shape index (κ3) is 5.13. The minimum absolute atomic E-state index is 0.204. The highest BCUT2D eigenvalue weighted by molar-refractivity contribution is 5.32. The zero-order valence-corrected chi connectivity index (χ0v) is 12.0. The smallest absolute Gasteiger partial charge is 0.393 e. The van der Waals surface area contributed by atoms with E-state index in [1.165, 1.54) is 12.1 Å². The Balaban J connectivity index is 2.71. The van der Waals surface area contributed by atoms with E-state index in [0.29, 0.717) is 13.0 Å². The van der Waals surface area contributed by atoms with Crippen molar-refractivity contribution in [1.82, 2.24) is 5.32 Å². The fourth-order valence-corrected chi connectivity index (χ4v) is 2.29. The molecule has 0 saturated heterocycles. The molecule has 20 heavy (non-hydrogen) atoms. The van der Waals surface area contributed by atoms with Gasteiger partial charge < -0.3 is 10.4 Å². The summed E-state index contributed by atoms with van der Waals surface area (Å²) in [6.45, 7) is 5.96. The standard InChI is InChI=1S/C15H22F3NO/c1-10(8-11(2)20)9-19-12(3)13-6-4-5-7-14(13)15(16,17)18/h4-7,10-12,19-20H,8-9H2,1-3H3. The Morgan fingerprint density at radius 3 is 2.30 bits per heavy atom. The first-order valence-corrected chi connectivity index (χ1v) is 6.79. The summed E-state index contributed by atoms with van der Waals surface area (Å²) in [5.41, 5.74) is -0.340. The highest BCUT2D eigenvalue weighted by Gasteiger charge is 2.34. The van der Waals surface area contributed by atoms with E-state index in [2.05, 4.69) is 5.32 Å². The molecule has 0 heterocycles. The molecule has 0 aliphatic carbocycles. The highest BCUT2D eigenvalue weighted by Crippen LogP contribution is 2.34. The molecule has 0 aromatic heterocycles. The van der Waals surface area contributed by atoms with Crippen molar-refractivity contribution in [3.8, 4) is 0 Å². The van der Waals surface area contributed by atoms with Gasteiger partial charge in [-0.2, -0.15) is 13.2 Å². The fourth-order valence-electron chi connectivity index (χ4n) is 2.29. The average Bonchev–Trinajstić information content (AvgIpc) is 2.34. The van der Waals surface area contributed by atoms with Crippen LogP contribution in [-0.4, -0.2) is 17.8 Å². The van der Waals surface area contributed by atoms with E-state index in [-0.39, 0.29) is 17.5 Å². The zero-order chi connectivity index (χ0) is 15.3. The molecular formula is C15H22F3NO. The summed E-state index contributed by atoms with van der Waals surface area (Å²) in [5.74, 6) is 0.204. The van der Waals surface area contributed by atoms with Crippen molar-refractivity contribution in [1.29, 1.82) is 0 Å². The van der Waals surface area contributed by atoms with Gasteiger partial charge in [0.25, 0.3) is 0 Å². The van der Waals surface area contributed by atoms with Crippen LogP contribution < -0.4 is 5.32 Å². The van der Waals surface area contributed by atoms with E-state index < -0.39 is 17.8 Å². The highest BCUT2D eigenvalue weighted by atomic mass is 19.4. The minimum Gasteiger partial charge on any atom is -0.393 e. The quantitative estimate of drug-likeness (QED) is 0.835. The van der Waals surface area contributed by atoms with Crippen LogP contribution in [0.3, 0.4) is 0 Å². The molecule has 0 saturated carbocycles. The maximum Gasteiger partial charge on any atom is 0.416 e. The Bertz CT molecular complexity index is 418. The van der Waals surface area contributed by atoms with Crippen molar-refractivity contribution in [2.75, 3.05) is 6.54 Å². The second-order valence-electron chi connectivity index (χ2n) is 5.40. The van der Waals surface area contributed by atoms with Gasteiger partial charge in [-0.1, -0.05) is 25.1 Å². The van der Waals surface area contributed by atoms with Crippen LogP contribution in [0.1, 0.15) is 44.4 Å². The summed E-state index contributed by atoms with van der Waals surface area (Å²) >= 11 is 0. The summed E-state index contributed by atoms with van der Waals surface area (Å²) in [6.07, 6.45) is -4.11. The van der Waals surface area contributed by atoms with Crippen LogP contribution in [0.25, 0.3) is 0 Å². The van der Waals surface area contributed by atoms with Gasteiger partial charge in [0.05, 0.1) is 11.7 Å². The molecule has 1 aromatic carbocycles. The number of aliphatic hydroxyl groups is 1. The first-order chi connectivity index (χ1) is 9.21. The second-order valence-corrected chi connectivity index (χ2v) is 5.40. The molecule has 5 heteroatoms. The zero-order valence-electron chi connectivity index (χ0n) is 12.0. The summed E-state index contributed by atoms with van der Waals surface area (Å²) in [6, 6.07) is 5.23. The number of rotatable bonds is 6. The van der Waals surface area contributed by atoms with Gasteiger partial charge in [-0.3, -0.25) is 0 Å². The minimum atomic E-state index is -4.34. The van der Waals surface area contributed by atoms with Gasteiger partial charge in [-0.15, -0.1) is 0 Å². The van der Waals surface area contributed by atoms with Gasteiger partial charge in [0, 0.05) is 6.04 Å². The third-order valence-corrected chi connectivity index (χ3v) is 3.25. The molecule has 0 aliphatic heterocycles. The number of benzene rings is 1. The summed E-state index contributed by atoms with van der Waals surface area (Å²) in [7, 11) is 0. The Kier molecular flexibility index (Phi) is 6.02. The maximum absolute atomic E-state index is 12.9. The SMILES string of the molecule is CC(O)CC(C)CNC(C)c1ccccc1C(F)(F)F. The van der Waals surface area contributed by atoms with Gasteiger partial charge in [0.2, 0.25) is 0 Å². The van der Waals surface area contributed by atoms with E-state index in [0.717, 1.165) is 6.07 Å². The van der Waals surface area contributed by atoms with E-state index >= 15 is 0 Å². The van der Waals surface area contributed by atoms with Gasteiger partial charge in [-0.25, -0.2) is 0 Å². The van der Waals surface area contributed by atoms with Crippen molar-refractivity contribution in [2.45, 2.75) is 45.5 Å². The summed E-state index contributed by atoms with van der Waals surface area (Å²) in [4.78, 5) is 0. The van der Waals surface area contributed by atoms with Crippen LogP contribution in [0.2, 0.25) is 0 Å². The molecule has 0 spiro atoms. The lowest BCUT2D eigenvalue weighted by molar-refractivity contribution is -0.138. The Hall–Kier alpha value is -1.07. The fraction of sp³-hybridized carbons (Fsp3) is 0.600. The van der Waals surface area contributed by atoms with Crippen molar-refractivity contribution in [3.63, 3.8) is 0 Å². The van der Waals surface area contributed by atoms with Crippen LogP contribution in [0, 0.1) is 5.92 Å². The second kappa shape index (κ2) is 7.09. The van der Waals surface area contributed by atoms with Gasteiger partial charge in [0.15, 0.2) is 0 Å². The third-order valence-electron chi connectivity index (χ3n) is 3.25. The molecule has 0 fully saturated rings. The lowest BCUT2D eigenvalue weighted by Gasteiger charge is -2.22. The number of alkyl halides is 3.